The molecule has 0 rings (SSSR count). The lowest BCUT2D eigenvalue weighted by molar-refractivity contribution is 0.878. The predicted molar refractivity (Wildman–Crippen MR) is 41.3 cm³/mol. The van der Waals surface area contributed by atoms with E-state index in [9.17, 15) is 0 Å². The first-order valence-electron chi connectivity index (χ1n) is 3.09. The second kappa shape index (κ2) is 4.13. The van der Waals surface area contributed by atoms with Crippen LogP contribution in [-0.4, -0.2) is 5.71 Å². The van der Waals surface area contributed by atoms with Crippen molar-refractivity contribution in [2.24, 2.45) is 16.6 Å². The van der Waals surface area contributed by atoms with Crippen molar-refractivity contribution < 1.29 is 0 Å². The van der Waals surface area contributed by atoms with Gasteiger partial charge in [0.1, 0.15) is 0 Å². The van der Waals surface area contributed by atoms with Crippen molar-refractivity contribution in [1.29, 1.82) is 0 Å². The molecule has 0 aromatic heterocycles. The summed E-state index contributed by atoms with van der Waals surface area (Å²) in [4.78, 5) is 4.05. The topological polar surface area (TPSA) is 38.4 Å². The van der Waals surface area contributed by atoms with Gasteiger partial charge in [-0.2, -0.15) is 0 Å². The van der Waals surface area contributed by atoms with Crippen molar-refractivity contribution in [2.45, 2.75) is 20.8 Å². The van der Waals surface area contributed by atoms with Crippen LogP contribution in [0, 0.1) is 5.92 Å². The molecule has 52 valence electrons. The fraction of sp³-hybridized carbons (Fsp3) is 0.571. The van der Waals surface area contributed by atoms with Crippen LogP contribution < -0.4 is 5.73 Å². The van der Waals surface area contributed by atoms with E-state index in [2.05, 4.69) is 18.8 Å². The van der Waals surface area contributed by atoms with Gasteiger partial charge in [-0.05, 0) is 12.8 Å². The molecule has 0 aromatic rings. The van der Waals surface area contributed by atoms with Crippen molar-refractivity contribution in [1.82, 2.24) is 0 Å². The van der Waals surface area contributed by atoms with Crippen LogP contribution in [-0.2, 0) is 0 Å². The smallest absolute Gasteiger partial charge is 0.0422 e. The molecule has 2 nitrogen and oxygen atoms in total. The van der Waals surface area contributed by atoms with Crippen molar-refractivity contribution in [3.05, 3.63) is 12.4 Å². The van der Waals surface area contributed by atoms with Gasteiger partial charge in [0.2, 0.25) is 0 Å². The summed E-state index contributed by atoms with van der Waals surface area (Å²) in [6.45, 7) is 6.19. The number of nitrogens with zero attached hydrogens (tertiary/aromatic N) is 1. The van der Waals surface area contributed by atoms with E-state index in [1.807, 2.05) is 6.92 Å². The summed E-state index contributed by atoms with van der Waals surface area (Å²) in [6.07, 6.45) is 3.04. The first-order valence-corrected chi connectivity index (χ1v) is 3.09. The Morgan fingerprint density at radius 3 is 2.44 bits per heavy atom. The fourth-order valence-electron chi connectivity index (χ4n) is 0.310. The van der Waals surface area contributed by atoms with Gasteiger partial charge >= 0.3 is 0 Å². The molecule has 0 aliphatic rings. The van der Waals surface area contributed by atoms with Crippen LogP contribution in [0.25, 0.3) is 0 Å². The van der Waals surface area contributed by atoms with E-state index < -0.39 is 0 Å². The maximum Gasteiger partial charge on any atom is 0.0422 e. The van der Waals surface area contributed by atoms with Gasteiger partial charge in [-0.15, -0.1) is 0 Å². The fourth-order valence-corrected chi connectivity index (χ4v) is 0.310. The summed E-state index contributed by atoms with van der Waals surface area (Å²) in [5.41, 5.74) is 6.20. The summed E-state index contributed by atoms with van der Waals surface area (Å²) < 4.78 is 0. The van der Waals surface area contributed by atoms with Gasteiger partial charge in [0.15, 0.2) is 0 Å². The van der Waals surface area contributed by atoms with Crippen molar-refractivity contribution in [3.63, 3.8) is 0 Å². The van der Waals surface area contributed by atoms with E-state index in [0.717, 1.165) is 5.71 Å². The molecule has 0 aliphatic heterocycles. The number of nitrogens with two attached hydrogens (primary N) is 1. The molecule has 0 aliphatic carbocycles. The Bertz CT molecular complexity index is 123. The summed E-state index contributed by atoms with van der Waals surface area (Å²) in [6, 6.07) is 0. The number of aliphatic imine (C=N–C) groups is 1. The predicted octanol–water partition coefficient (Wildman–Crippen LogP) is 1.53. The van der Waals surface area contributed by atoms with Crippen LogP contribution in [0.15, 0.2) is 17.4 Å². The van der Waals surface area contributed by atoms with Crippen LogP contribution in [0.5, 0.6) is 0 Å². The highest BCUT2D eigenvalue weighted by atomic mass is 14.7. The molecule has 0 bridgehead atoms. The van der Waals surface area contributed by atoms with Gasteiger partial charge in [-0.3, -0.25) is 4.99 Å². The van der Waals surface area contributed by atoms with Crippen molar-refractivity contribution in [3.8, 4) is 0 Å². The van der Waals surface area contributed by atoms with Crippen molar-refractivity contribution >= 4 is 5.71 Å². The van der Waals surface area contributed by atoms with Crippen LogP contribution in [0.3, 0.4) is 0 Å². The lowest BCUT2D eigenvalue weighted by Gasteiger charge is -1.99. The molecule has 0 saturated carbocycles. The first kappa shape index (κ1) is 8.21. The third-order valence-electron chi connectivity index (χ3n) is 1.20. The minimum atomic E-state index is 0.515. The Kier molecular flexibility index (Phi) is 3.76. The Morgan fingerprint density at radius 2 is 2.11 bits per heavy atom. The molecule has 0 unspecified atom stereocenters. The minimum Gasteiger partial charge on any atom is -0.403 e. The zero-order valence-electron chi connectivity index (χ0n) is 6.26. The Balaban J connectivity index is 3.84. The molecular weight excluding hydrogens is 112 g/mol. The third-order valence-corrected chi connectivity index (χ3v) is 1.20. The lowest BCUT2D eigenvalue weighted by atomic mass is 10.1. The Morgan fingerprint density at radius 1 is 1.56 bits per heavy atom. The van der Waals surface area contributed by atoms with Crippen LogP contribution in [0.1, 0.15) is 20.8 Å². The molecular formula is C7H14N2. The second-order valence-corrected chi connectivity index (χ2v) is 2.27. The molecule has 9 heavy (non-hydrogen) atoms. The van der Waals surface area contributed by atoms with Crippen LogP contribution in [0.4, 0.5) is 0 Å². The van der Waals surface area contributed by atoms with Crippen LogP contribution >= 0.6 is 0 Å². The standard InChI is InChI=1S/C7H14N2/c1-6(2)7(3)9-5-4-8/h4-6H,8H2,1-3H3/b5-4-,9-7?. The average molecular weight is 126 g/mol. The Hall–Kier alpha value is -0.790. The van der Waals surface area contributed by atoms with E-state index in [1.165, 1.54) is 6.20 Å². The average Bonchev–Trinajstić information content (AvgIpc) is 1.82. The minimum absolute atomic E-state index is 0.515. The molecule has 0 saturated heterocycles. The normalized spacial score (nSPS) is 13.6. The zero-order chi connectivity index (χ0) is 7.28. The van der Waals surface area contributed by atoms with E-state index in [-0.39, 0.29) is 0 Å². The molecule has 0 atom stereocenters. The molecule has 0 fully saturated rings. The number of rotatable bonds is 2. The van der Waals surface area contributed by atoms with E-state index in [0.29, 0.717) is 5.92 Å². The Labute approximate surface area is 56.5 Å². The molecule has 0 spiro atoms. The van der Waals surface area contributed by atoms with Gasteiger partial charge in [0.25, 0.3) is 0 Å². The van der Waals surface area contributed by atoms with Gasteiger partial charge < -0.3 is 5.73 Å². The highest BCUT2D eigenvalue weighted by Gasteiger charge is 1.93. The molecule has 2 N–H and O–H groups in total. The first-order chi connectivity index (χ1) is 4.18. The van der Waals surface area contributed by atoms with Gasteiger partial charge in [-0.25, -0.2) is 0 Å². The molecule has 0 radical (unpaired) electrons. The zero-order valence-corrected chi connectivity index (χ0v) is 6.26. The van der Waals surface area contributed by atoms with E-state index >= 15 is 0 Å². The second-order valence-electron chi connectivity index (χ2n) is 2.27. The maximum absolute atomic E-state index is 5.09. The van der Waals surface area contributed by atoms with Crippen molar-refractivity contribution in [2.75, 3.05) is 0 Å². The summed E-state index contributed by atoms with van der Waals surface area (Å²) in [5.74, 6) is 0.515. The van der Waals surface area contributed by atoms with Gasteiger partial charge in [0.05, 0.1) is 0 Å². The molecule has 0 heterocycles. The van der Waals surface area contributed by atoms with E-state index in [4.69, 9.17) is 5.73 Å². The van der Waals surface area contributed by atoms with Crippen LogP contribution in [0.2, 0.25) is 0 Å². The third kappa shape index (κ3) is 3.76. The molecule has 0 amide bonds. The molecule has 0 aromatic carbocycles. The highest BCUT2D eigenvalue weighted by molar-refractivity contribution is 5.84. The van der Waals surface area contributed by atoms with Gasteiger partial charge in [-0.1, -0.05) is 13.8 Å². The quantitative estimate of drug-likeness (QED) is 0.560. The summed E-state index contributed by atoms with van der Waals surface area (Å²) in [5, 5.41) is 0. The maximum atomic E-state index is 5.09. The monoisotopic (exact) mass is 126 g/mol. The summed E-state index contributed by atoms with van der Waals surface area (Å²) in [7, 11) is 0. The SMILES string of the molecule is CC(=N/C=C\N)C(C)C. The lowest BCUT2D eigenvalue weighted by Crippen LogP contribution is -2.00. The summed E-state index contributed by atoms with van der Waals surface area (Å²) >= 11 is 0. The van der Waals surface area contributed by atoms with Gasteiger partial charge in [0, 0.05) is 18.1 Å². The number of hydrogen-bond donors (Lipinski definition) is 1. The largest absolute Gasteiger partial charge is 0.403 e. The van der Waals surface area contributed by atoms with E-state index in [1.54, 1.807) is 6.20 Å². The number of hydrogen-bond acceptors (Lipinski definition) is 2. The molecule has 2 heteroatoms. The highest BCUT2D eigenvalue weighted by Crippen LogP contribution is 1.95.